The molecule has 0 aliphatic carbocycles. The molecule has 3 N–H and O–H groups in total. The number of carbonyl (C=O) groups is 1. The molecule has 1 aromatic rings. The Morgan fingerprint density at radius 3 is 2.35 bits per heavy atom. The van der Waals surface area contributed by atoms with Gasteiger partial charge in [-0.1, -0.05) is 0 Å². The van der Waals surface area contributed by atoms with Crippen LogP contribution in [0.3, 0.4) is 0 Å². The zero-order valence-electron chi connectivity index (χ0n) is 8.54. The number of carboxylic acid groups (broad SMARTS) is 1. The summed E-state index contributed by atoms with van der Waals surface area (Å²) in [7, 11) is 1.11. The van der Waals surface area contributed by atoms with Crippen molar-refractivity contribution in [3.05, 3.63) is 17.7 Å². The van der Waals surface area contributed by atoms with E-state index >= 15 is 0 Å². The standard InChI is InChI=1S/C9H8F3NO4/c1-16-6-3-5(13)4(8(14)15)2-7(6)17-9(10,11)12/h2-3H,13H2,1H3,(H,14,15). The van der Waals surface area contributed by atoms with E-state index in [1.165, 1.54) is 0 Å². The lowest BCUT2D eigenvalue weighted by molar-refractivity contribution is -0.275. The van der Waals surface area contributed by atoms with Crippen LogP contribution in [0.2, 0.25) is 0 Å². The number of methoxy groups -OCH3 is 1. The van der Waals surface area contributed by atoms with Gasteiger partial charge in [-0.3, -0.25) is 0 Å². The summed E-state index contributed by atoms with van der Waals surface area (Å²) in [4.78, 5) is 10.7. The smallest absolute Gasteiger partial charge is 0.493 e. The van der Waals surface area contributed by atoms with Crippen molar-refractivity contribution >= 4 is 11.7 Å². The number of ether oxygens (including phenoxy) is 2. The Morgan fingerprint density at radius 2 is 1.94 bits per heavy atom. The summed E-state index contributed by atoms with van der Waals surface area (Å²) < 4.78 is 44.3. The summed E-state index contributed by atoms with van der Waals surface area (Å²) in [5.41, 5.74) is 4.62. The van der Waals surface area contributed by atoms with E-state index in [4.69, 9.17) is 10.8 Å². The van der Waals surface area contributed by atoms with E-state index in [0.717, 1.165) is 13.2 Å². The van der Waals surface area contributed by atoms with Crippen molar-refractivity contribution in [1.82, 2.24) is 0 Å². The Bertz CT molecular complexity index is 445. The molecule has 0 atom stereocenters. The highest BCUT2D eigenvalue weighted by Crippen LogP contribution is 2.35. The number of nitrogens with two attached hydrogens (primary N) is 1. The fraction of sp³-hybridized carbons (Fsp3) is 0.222. The van der Waals surface area contributed by atoms with Crippen LogP contribution < -0.4 is 15.2 Å². The fourth-order valence-corrected chi connectivity index (χ4v) is 1.12. The molecule has 0 aromatic heterocycles. The van der Waals surface area contributed by atoms with Gasteiger partial charge in [0.1, 0.15) is 0 Å². The second kappa shape index (κ2) is 4.40. The number of nitrogen functional groups attached to an aromatic ring is 1. The third-order valence-corrected chi connectivity index (χ3v) is 1.79. The maximum absolute atomic E-state index is 12.0. The lowest BCUT2D eigenvalue weighted by Gasteiger charge is -2.14. The van der Waals surface area contributed by atoms with Crippen LogP contribution in [0.5, 0.6) is 11.5 Å². The molecule has 8 heteroatoms. The number of hydrogen-bond acceptors (Lipinski definition) is 4. The first kappa shape index (κ1) is 12.9. The quantitative estimate of drug-likeness (QED) is 0.801. The molecule has 17 heavy (non-hydrogen) atoms. The van der Waals surface area contributed by atoms with Crippen molar-refractivity contribution in [2.75, 3.05) is 12.8 Å². The fourth-order valence-electron chi connectivity index (χ4n) is 1.12. The first-order chi connectivity index (χ1) is 7.74. The zero-order chi connectivity index (χ0) is 13.2. The molecule has 0 heterocycles. The van der Waals surface area contributed by atoms with E-state index in [-0.39, 0.29) is 11.4 Å². The van der Waals surface area contributed by atoms with Gasteiger partial charge in [0.05, 0.1) is 18.4 Å². The number of halogens is 3. The highest BCUT2D eigenvalue weighted by molar-refractivity contribution is 5.94. The summed E-state index contributed by atoms with van der Waals surface area (Å²) in [6.45, 7) is 0. The second-order valence-electron chi connectivity index (χ2n) is 2.94. The van der Waals surface area contributed by atoms with Crippen LogP contribution in [0.4, 0.5) is 18.9 Å². The molecule has 0 saturated carbocycles. The molecule has 0 spiro atoms. The summed E-state index contributed by atoms with van der Waals surface area (Å²) in [5.74, 6) is -2.52. The molecule has 0 saturated heterocycles. The van der Waals surface area contributed by atoms with Crippen LogP contribution in [0.15, 0.2) is 12.1 Å². The van der Waals surface area contributed by atoms with E-state index in [1.807, 2.05) is 0 Å². The first-order valence-corrected chi connectivity index (χ1v) is 4.21. The summed E-state index contributed by atoms with van der Waals surface area (Å²) in [6.07, 6.45) is -4.95. The minimum atomic E-state index is -4.95. The van der Waals surface area contributed by atoms with Gasteiger partial charge in [-0.25, -0.2) is 4.79 Å². The van der Waals surface area contributed by atoms with E-state index in [9.17, 15) is 18.0 Å². The minimum absolute atomic E-state index is 0.219. The van der Waals surface area contributed by atoms with Gasteiger partial charge in [0.2, 0.25) is 0 Å². The first-order valence-electron chi connectivity index (χ1n) is 4.21. The Hall–Kier alpha value is -2.12. The molecule has 0 radical (unpaired) electrons. The van der Waals surface area contributed by atoms with Crippen LogP contribution in [0, 0.1) is 0 Å². The van der Waals surface area contributed by atoms with Gasteiger partial charge in [-0.05, 0) is 0 Å². The highest BCUT2D eigenvalue weighted by Gasteiger charge is 2.33. The van der Waals surface area contributed by atoms with Gasteiger partial charge >= 0.3 is 12.3 Å². The predicted octanol–water partition coefficient (Wildman–Crippen LogP) is 1.87. The van der Waals surface area contributed by atoms with Crippen molar-refractivity contribution < 1.29 is 32.5 Å². The van der Waals surface area contributed by atoms with Crippen molar-refractivity contribution in [2.45, 2.75) is 6.36 Å². The molecule has 0 amide bonds. The molecule has 0 aliphatic heterocycles. The van der Waals surface area contributed by atoms with Crippen molar-refractivity contribution in [3.63, 3.8) is 0 Å². The molecule has 94 valence electrons. The highest BCUT2D eigenvalue weighted by atomic mass is 19.4. The summed E-state index contributed by atoms with van der Waals surface area (Å²) in [6, 6.07) is 1.61. The molecule has 5 nitrogen and oxygen atoms in total. The Labute approximate surface area is 93.5 Å². The lowest BCUT2D eigenvalue weighted by Crippen LogP contribution is -2.18. The van der Waals surface area contributed by atoms with Crippen LogP contribution in [0.25, 0.3) is 0 Å². The Balaban J connectivity index is 3.26. The van der Waals surface area contributed by atoms with Gasteiger partial charge in [0.15, 0.2) is 11.5 Å². The molecule has 0 bridgehead atoms. The molecular weight excluding hydrogens is 243 g/mol. The van der Waals surface area contributed by atoms with E-state index in [0.29, 0.717) is 6.07 Å². The van der Waals surface area contributed by atoms with E-state index in [2.05, 4.69) is 9.47 Å². The van der Waals surface area contributed by atoms with E-state index in [1.54, 1.807) is 0 Å². The molecule has 1 aromatic carbocycles. The van der Waals surface area contributed by atoms with Gasteiger partial charge in [0, 0.05) is 12.1 Å². The number of anilines is 1. The van der Waals surface area contributed by atoms with Crippen molar-refractivity contribution in [1.29, 1.82) is 0 Å². The number of hydrogen-bond donors (Lipinski definition) is 2. The van der Waals surface area contributed by atoms with Gasteiger partial charge in [-0.2, -0.15) is 0 Å². The Kier molecular flexibility index (Phi) is 3.35. The summed E-state index contributed by atoms with van der Waals surface area (Å²) in [5, 5.41) is 8.69. The van der Waals surface area contributed by atoms with Crippen LogP contribution in [0.1, 0.15) is 10.4 Å². The second-order valence-corrected chi connectivity index (χ2v) is 2.94. The predicted molar refractivity (Wildman–Crippen MR) is 51.0 cm³/mol. The Morgan fingerprint density at radius 1 is 1.35 bits per heavy atom. The minimum Gasteiger partial charge on any atom is -0.493 e. The molecule has 0 aliphatic rings. The van der Waals surface area contributed by atoms with Crippen LogP contribution >= 0.6 is 0 Å². The van der Waals surface area contributed by atoms with Crippen molar-refractivity contribution in [3.8, 4) is 11.5 Å². The number of rotatable bonds is 3. The molecule has 0 unspecified atom stereocenters. The monoisotopic (exact) mass is 251 g/mol. The number of carboxylic acids is 1. The number of benzene rings is 1. The summed E-state index contributed by atoms with van der Waals surface area (Å²) >= 11 is 0. The van der Waals surface area contributed by atoms with Crippen LogP contribution in [-0.4, -0.2) is 24.5 Å². The van der Waals surface area contributed by atoms with Crippen LogP contribution in [-0.2, 0) is 0 Å². The van der Waals surface area contributed by atoms with Gasteiger partial charge in [0.25, 0.3) is 0 Å². The van der Waals surface area contributed by atoms with Gasteiger partial charge in [-0.15, -0.1) is 13.2 Å². The largest absolute Gasteiger partial charge is 0.573 e. The third-order valence-electron chi connectivity index (χ3n) is 1.79. The van der Waals surface area contributed by atoms with Crippen molar-refractivity contribution in [2.24, 2.45) is 0 Å². The zero-order valence-corrected chi connectivity index (χ0v) is 8.54. The van der Waals surface area contributed by atoms with E-state index < -0.39 is 23.6 Å². The normalized spacial score (nSPS) is 11.1. The maximum Gasteiger partial charge on any atom is 0.573 e. The molecular formula is C9H8F3NO4. The lowest BCUT2D eigenvalue weighted by atomic mass is 10.1. The average Bonchev–Trinajstić information content (AvgIpc) is 2.17. The van der Waals surface area contributed by atoms with Gasteiger partial charge < -0.3 is 20.3 Å². The molecule has 1 rings (SSSR count). The number of aromatic carboxylic acids is 1. The third kappa shape index (κ3) is 3.16. The molecule has 0 fully saturated rings. The average molecular weight is 251 g/mol. The topological polar surface area (TPSA) is 81.8 Å². The number of alkyl halides is 3. The SMILES string of the molecule is COc1cc(N)c(C(=O)O)cc1OC(F)(F)F. The maximum atomic E-state index is 12.0.